The number of allylic oxidation sites excluding steroid dienone is 1. The summed E-state index contributed by atoms with van der Waals surface area (Å²) < 4.78 is 0. The monoisotopic (exact) mass is 175 g/mol. The molecule has 0 aromatic carbocycles. The Labute approximate surface area is 78.0 Å². The molecule has 3 heteroatoms. The molecule has 0 saturated heterocycles. The quantitative estimate of drug-likeness (QED) is 0.699. The van der Waals surface area contributed by atoms with Crippen molar-refractivity contribution in [2.24, 2.45) is 4.99 Å². The van der Waals surface area contributed by atoms with Crippen molar-refractivity contribution < 1.29 is 0 Å². The van der Waals surface area contributed by atoms with Gasteiger partial charge in [0.15, 0.2) is 0 Å². The molecule has 1 aromatic rings. The van der Waals surface area contributed by atoms with E-state index in [0.29, 0.717) is 5.82 Å². The van der Waals surface area contributed by atoms with E-state index in [9.17, 15) is 0 Å². The fourth-order valence-electron chi connectivity index (χ4n) is 0.905. The van der Waals surface area contributed by atoms with Crippen molar-refractivity contribution in [3.8, 4) is 0 Å². The Morgan fingerprint density at radius 1 is 1.54 bits per heavy atom. The van der Waals surface area contributed by atoms with E-state index in [1.54, 1.807) is 12.3 Å². The molecule has 0 radical (unpaired) electrons. The summed E-state index contributed by atoms with van der Waals surface area (Å²) in [5.74, 6) is 0.521. The van der Waals surface area contributed by atoms with Crippen molar-refractivity contribution in [3.63, 3.8) is 0 Å². The molecule has 0 fully saturated rings. The van der Waals surface area contributed by atoms with Gasteiger partial charge in [-0.3, -0.25) is 4.99 Å². The standard InChI is InChI=1S/C10H13N3/c1-3-7-12-8(2)9-5-4-6-10(11)13-9/h3-7H,1-2H3,(H2,11,13)/b7-3-,12-8+. The molecule has 1 heterocycles. The molecular formula is C10H13N3. The molecular weight excluding hydrogens is 162 g/mol. The molecule has 0 atom stereocenters. The second kappa shape index (κ2) is 4.40. The zero-order valence-electron chi connectivity index (χ0n) is 7.86. The minimum Gasteiger partial charge on any atom is -0.384 e. The second-order valence-corrected chi connectivity index (χ2v) is 2.64. The first kappa shape index (κ1) is 9.45. The largest absolute Gasteiger partial charge is 0.384 e. The number of rotatable bonds is 2. The number of nitrogen functional groups attached to an aromatic ring is 1. The van der Waals surface area contributed by atoms with Gasteiger partial charge in [0.05, 0.1) is 11.4 Å². The maximum absolute atomic E-state index is 5.54. The molecule has 0 spiro atoms. The average molecular weight is 175 g/mol. The highest BCUT2D eigenvalue weighted by molar-refractivity contribution is 5.97. The van der Waals surface area contributed by atoms with Crippen LogP contribution in [0.3, 0.4) is 0 Å². The van der Waals surface area contributed by atoms with Gasteiger partial charge in [-0.15, -0.1) is 0 Å². The normalized spacial score (nSPS) is 12.3. The molecule has 0 saturated carbocycles. The molecule has 1 rings (SSSR count). The molecule has 3 nitrogen and oxygen atoms in total. The van der Waals surface area contributed by atoms with Crippen molar-refractivity contribution >= 4 is 11.5 Å². The third-order valence-corrected chi connectivity index (χ3v) is 1.56. The molecule has 0 amide bonds. The molecule has 0 aliphatic carbocycles. The van der Waals surface area contributed by atoms with Gasteiger partial charge in [-0.05, 0) is 26.0 Å². The third-order valence-electron chi connectivity index (χ3n) is 1.56. The first-order valence-corrected chi connectivity index (χ1v) is 4.12. The summed E-state index contributed by atoms with van der Waals surface area (Å²) in [7, 11) is 0. The Balaban J connectivity index is 2.94. The minimum atomic E-state index is 0.521. The van der Waals surface area contributed by atoms with Crippen LogP contribution in [-0.4, -0.2) is 10.7 Å². The summed E-state index contributed by atoms with van der Waals surface area (Å²) in [6.07, 6.45) is 3.61. The molecule has 0 aliphatic heterocycles. The van der Waals surface area contributed by atoms with E-state index in [0.717, 1.165) is 11.4 Å². The van der Waals surface area contributed by atoms with Crippen molar-refractivity contribution in [3.05, 3.63) is 36.2 Å². The zero-order chi connectivity index (χ0) is 9.68. The Hall–Kier alpha value is -1.64. The van der Waals surface area contributed by atoms with Crippen LogP contribution in [0.15, 0.2) is 35.5 Å². The van der Waals surface area contributed by atoms with Crippen molar-refractivity contribution in [2.45, 2.75) is 13.8 Å². The molecule has 0 aliphatic rings. The molecule has 13 heavy (non-hydrogen) atoms. The predicted octanol–water partition coefficient (Wildman–Crippen LogP) is 2.01. The van der Waals surface area contributed by atoms with E-state index in [1.165, 1.54) is 0 Å². The van der Waals surface area contributed by atoms with Gasteiger partial charge in [-0.1, -0.05) is 12.1 Å². The van der Waals surface area contributed by atoms with E-state index in [1.807, 2.05) is 32.1 Å². The van der Waals surface area contributed by atoms with Gasteiger partial charge >= 0.3 is 0 Å². The minimum absolute atomic E-state index is 0.521. The van der Waals surface area contributed by atoms with Crippen molar-refractivity contribution in [2.75, 3.05) is 5.73 Å². The summed E-state index contributed by atoms with van der Waals surface area (Å²) in [5.41, 5.74) is 7.22. The number of hydrogen-bond donors (Lipinski definition) is 1. The number of anilines is 1. The summed E-state index contributed by atoms with van der Waals surface area (Å²) >= 11 is 0. The van der Waals surface area contributed by atoms with Crippen LogP contribution < -0.4 is 5.73 Å². The van der Waals surface area contributed by atoms with Crippen LogP contribution in [0.4, 0.5) is 5.82 Å². The summed E-state index contributed by atoms with van der Waals surface area (Å²) in [6, 6.07) is 5.51. The smallest absolute Gasteiger partial charge is 0.124 e. The molecule has 1 aromatic heterocycles. The Kier molecular flexibility index (Phi) is 3.20. The van der Waals surface area contributed by atoms with E-state index < -0.39 is 0 Å². The maximum atomic E-state index is 5.54. The first-order valence-electron chi connectivity index (χ1n) is 4.12. The Morgan fingerprint density at radius 2 is 2.31 bits per heavy atom. The number of nitrogens with zero attached hydrogens (tertiary/aromatic N) is 2. The van der Waals surface area contributed by atoms with Gasteiger partial charge in [-0.25, -0.2) is 4.98 Å². The molecule has 0 bridgehead atoms. The lowest BCUT2D eigenvalue weighted by Gasteiger charge is -1.98. The number of pyridine rings is 1. The third kappa shape index (κ3) is 2.71. The van der Waals surface area contributed by atoms with Crippen LogP contribution >= 0.6 is 0 Å². The second-order valence-electron chi connectivity index (χ2n) is 2.64. The Bertz CT molecular complexity index is 340. The number of nitrogens with two attached hydrogens (primary N) is 1. The van der Waals surface area contributed by atoms with Gasteiger partial charge < -0.3 is 5.73 Å². The van der Waals surface area contributed by atoms with E-state index in [4.69, 9.17) is 5.73 Å². The van der Waals surface area contributed by atoms with Gasteiger partial charge in [-0.2, -0.15) is 0 Å². The lowest BCUT2D eigenvalue weighted by Crippen LogP contribution is -2.00. The number of aliphatic imine (C=N–C) groups is 1. The fourth-order valence-corrected chi connectivity index (χ4v) is 0.905. The molecule has 0 unspecified atom stereocenters. The highest BCUT2D eigenvalue weighted by Crippen LogP contribution is 2.02. The van der Waals surface area contributed by atoms with Crippen LogP contribution in [-0.2, 0) is 0 Å². The zero-order valence-corrected chi connectivity index (χ0v) is 7.86. The summed E-state index contributed by atoms with van der Waals surface area (Å²) in [4.78, 5) is 8.31. The van der Waals surface area contributed by atoms with E-state index >= 15 is 0 Å². The van der Waals surface area contributed by atoms with E-state index in [-0.39, 0.29) is 0 Å². The van der Waals surface area contributed by atoms with Gasteiger partial charge in [0.2, 0.25) is 0 Å². The maximum Gasteiger partial charge on any atom is 0.124 e. The summed E-state index contributed by atoms with van der Waals surface area (Å²) in [6.45, 7) is 3.82. The summed E-state index contributed by atoms with van der Waals surface area (Å²) in [5, 5.41) is 0. The molecule has 68 valence electrons. The van der Waals surface area contributed by atoms with Gasteiger partial charge in [0.1, 0.15) is 5.82 Å². The lowest BCUT2D eigenvalue weighted by atomic mass is 10.2. The highest BCUT2D eigenvalue weighted by Gasteiger charge is 1.97. The number of aromatic nitrogens is 1. The van der Waals surface area contributed by atoms with Crippen LogP contribution in [0.2, 0.25) is 0 Å². The average Bonchev–Trinajstić information content (AvgIpc) is 2.14. The Morgan fingerprint density at radius 3 is 2.92 bits per heavy atom. The van der Waals surface area contributed by atoms with Crippen LogP contribution in [0.25, 0.3) is 0 Å². The van der Waals surface area contributed by atoms with Crippen molar-refractivity contribution in [1.29, 1.82) is 0 Å². The fraction of sp³-hybridized carbons (Fsp3) is 0.200. The number of hydrogen-bond acceptors (Lipinski definition) is 3. The van der Waals surface area contributed by atoms with Crippen LogP contribution in [0.5, 0.6) is 0 Å². The predicted molar refractivity (Wildman–Crippen MR) is 55.7 cm³/mol. The van der Waals surface area contributed by atoms with Crippen LogP contribution in [0, 0.1) is 0 Å². The SMILES string of the molecule is C/C=C\N=C(/C)c1cccc(N)n1. The van der Waals surface area contributed by atoms with Crippen molar-refractivity contribution in [1.82, 2.24) is 4.98 Å². The highest BCUT2D eigenvalue weighted by atomic mass is 14.9. The topological polar surface area (TPSA) is 51.3 Å². The lowest BCUT2D eigenvalue weighted by molar-refractivity contribution is 1.28. The van der Waals surface area contributed by atoms with Crippen LogP contribution in [0.1, 0.15) is 19.5 Å². The first-order chi connectivity index (χ1) is 6.24. The molecule has 2 N–H and O–H groups in total. The van der Waals surface area contributed by atoms with Gasteiger partial charge in [0.25, 0.3) is 0 Å². The van der Waals surface area contributed by atoms with Gasteiger partial charge in [0, 0.05) is 6.20 Å². The van der Waals surface area contributed by atoms with E-state index in [2.05, 4.69) is 9.98 Å².